The average Bonchev–Trinajstić information content (AvgIpc) is 3.11. The summed E-state index contributed by atoms with van der Waals surface area (Å²) in [5, 5.41) is 4.40. The maximum absolute atomic E-state index is 11.1. The zero-order chi connectivity index (χ0) is 17.9. The summed E-state index contributed by atoms with van der Waals surface area (Å²) in [6, 6.07) is 21.9. The number of anilines is 2. The minimum absolute atomic E-state index is 0.521. The van der Waals surface area contributed by atoms with Crippen LogP contribution in [0.2, 0.25) is 0 Å². The summed E-state index contributed by atoms with van der Waals surface area (Å²) in [5.41, 5.74) is 3.69. The van der Waals surface area contributed by atoms with Crippen molar-refractivity contribution < 1.29 is 9.53 Å². The first kappa shape index (κ1) is 16.3. The molecular formula is C21H16N2O2S. The molecule has 1 N–H and O–H groups in total. The summed E-state index contributed by atoms with van der Waals surface area (Å²) in [6.45, 7) is 0. The number of nitrogens with zero attached hydrogens (tertiary/aromatic N) is 1. The van der Waals surface area contributed by atoms with Gasteiger partial charge in [-0.25, -0.2) is 0 Å². The van der Waals surface area contributed by atoms with Crippen LogP contribution in [-0.2, 0) is 0 Å². The van der Waals surface area contributed by atoms with E-state index in [0.717, 1.165) is 27.9 Å². The van der Waals surface area contributed by atoms with Gasteiger partial charge in [-0.1, -0.05) is 42.5 Å². The van der Waals surface area contributed by atoms with Crippen LogP contribution in [0.4, 0.5) is 11.5 Å². The first-order chi connectivity index (χ1) is 12.8. The second kappa shape index (κ2) is 6.98. The van der Waals surface area contributed by atoms with Crippen molar-refractivity contribution in [3.8, 4) is 16.9 Å². The Morgan fingerprint density at radius 3 is 2.65 bits per heavy atom. The topological polar surface area (TPSA) is 51.2 Å². The highest BCUT2D eigenvalue weighted by Crippen LogP contribution is 2.36. The van der Waals surface area contributed by atoms with Crippen LogP contribution in [0.25, 0.3) is 21.2 Å². The minimum Gasteiger partial charge on any atom is -0.496 e. The number of methoxy groups -OCH3 is 1. The smallest absolute Gasteiger partial charge is 0.153 e. The molecule has 5 heteroatoms. The monoisotopic (exact) mass is 360 g/mol. The fourth-order valence-electron chi connectivity index (χ4n) is 2.92. The third-order valence-corrected chi connectivity index (χ3v) is 5.10. The second-order valence-electron chi connectivity index (χ2n) is 5.78. The number of carbonyl (C=O) groups is 1. The van der Waals surface area contributed by atoms with E-state index in [1.807, 2.05) is 30.3 Å². The third kappa shape index (κ3) is 2.93. The van der Waals surface area contributed by atoms with Gasteiger partial charge in [0.2, 0.25) is 0 Å². The number of nitrogens with one attached hydrogen (secondary N) is 1. The van der Waals surface area contributed by atoms with Gasteiger partial charge in [0.1, 0.15) is 5.75 Å². The van der Waals surface area contributed by atoms with Gasteiger partial charge in [-0.3, -0.25) is 4.79 Å². The highest BCUT2D eigenvalue weighted by molar-refractivity contribution is 7.14. The van der Waals surface area contributed by atoms with Gasteiger partial charge in [0.15, 0.2) is 12.1 Å². The van der Waals surface area contributed by atoms with Crippen LogP contribution < -0.4 is 10.1 Å². The first-order valence-corrected chi connectivity index (χ1v) is 8.91. The summed E-state index contributed by atoms with van der Waals surface area (Å²) in [7, 11) is 1.55. The SMILES string of the molecule is COc1cc(Nc2nsc3c(-c4ccccc4)cccc23)ccc1C=O. The van der Waals surface area contributed by atoms with Crippen LogP contribution in [0, 0.1) is 0 Å². The van der Waals surface area contributed by atoms with Crippen molar-refractivity contribution >= 4 is 39.4 Å². The van der Waals surface area contributed by atoms with Crippen LogP contribution in [0.15, 0.2) is 66.7 Å². The van der Waals surface area contributed by atoms with E-state index in [-0.39, 0.29) is 0 Å². The summed E-state index contributed by atoms with van der Waals surface area (Å²) >= 11 is 1.47. The van der Waals surface area contributed by atoms with Gasteiger partial charge in [0, 0.05) is 22.7 Å². The number of hydrogen-bond acceptors (Lipinski definition) is 5. The van der Waals surface area contributed by atoms with E-state index in [9.17, 15) is 4.79 Å². The fraction of sp³-hybridized carbons (Fsp3) is 0.0476. The van der Waals surface area contributed by atoms with Crippen molar-refractivity contribution in [1.82, 2.24) is 4.37 Å². The lowest BCUT2D eigenvalue weighted by atomic mass is 10.0. The molecule has 0 radical (unpaired) electrons. The van der Waals surface area contributed by atoms with E-state index in [4.69, 9.17) is 4.74 Å². The maximum Gasteiger partial charge on any atom is 0.153 e. The number of rotatable bonds is 5. The minimum atomic E-state index is 0.521. The number of aldehydes is 1. The molecule has 0 aliphatic heterocycles. The molecule has 4 rings (SSSR count). The van der Waals surface area contributed by atoms with Crippen LogP contribution in [0.1, 0.15) is 10.4 Å². The molecule has 3 aromatic carbocycles. The van der Waals surface area contributed by atoms with Gasteiger partial charge in [-0.15, -0.1) is 0 Å². The van der Waals surface area contributed by atoms with Crippen LogP contribution in [-0.4, -0.2) is 17.8 Å². The molecule has 0 unspecified atom stereocenters. The lowest BCUT2D eigenvalue weighted by Gasteiger charge is -2.08. The molecule has 1 aromatic heterocycles. The Labute approximate surface area is 155 Å². The predicted molar refractivity (Wildman–Crippen MR) is 107 cm³/mol. The number of fused-ring (bicyclic) bond motifs is 1. The Hall–Kier alpha value is -3.18. The molecule has 4 aromatic rings. The molecule has 128 valence electrons. The van der Waals surface area contributed by atoms with Crippen LogP contribution >= 0.6 is 11.5 Å². The van der Waals surface area contributed by atoms with Crippen molar-refractivity contribution in [3.05, 3.63) is 72.3 Å². The van der Waals surface area contributed by atoms with Crippen molar-refractivity contribution in [2.45, 2.75) is 0 Å². The molecule has 0 saturated heterocycles. The molecular weight excluding hydrogens is 344 g/mol. The number of hydrogen-bond donors (Lipinski definition) is 1. The average molecular weight is 360 g/mol. The fourth-order valence-corrected chi connectivity index (χ4v) is 3.79. The Kier molecular flexibility index (Phi) is 4.37. The normalized spacial score (nSPS) is 10.7. The molecule has 0 fully saturated rings. The van der Waals surface area contributed by atoms with Crippen molar-refractivity contribution in [2.75, 3.05) is 12.4 Å². The number of ether oxygens (including phenoxy) is 1. The Balaban J connectivity index is 1.74. The molecule has 0 spiro atoms. The molecule has 0 aliphatic rings. The van der Waals surface area contributed by atoms with Gasteiger partial charge in [0.05, 0.1) is 17.4 Å². The van der Waals surface area contributed by atoms with Gasteiger partial charge >= 0.3 is 0 Å². The summed E-state index contributed by atoms with van der Waals surface area (Å²) in [5.74, 6) is 1.33. The quantitative estimate of drug-likeness (QED) is 0.476. The highest BCUT2D eigenvalue weighted by atomic mass is 32.1. The van der Waals surface area contributed by atoms with E-state index < -0.39 is 0 Å². The molecule has 1 heterocycles. The standard InChI is InChI=1S/C21H16N2O2S/c1-25-19-12-16(11-10-15(19)13-24)22-21-18-9-5-8-17(20(18)26-23-21)14-6-3-2-4-7-14/h2-13H,1H3,(H,22,23). The van der Waals surface area contributed by atoms with E-state index in [1.54, 1.807) is 19.2 Å². The Bertz CT molecular complexity index is 1070. The molecule has 0 saturated carbocycles. The highest BCUT2D eigenvalue weighted by Gasteiger charge is 2.12. The molecule has 0 amide bonds. The van der Waals surface area contributed by atoms with Gasteiger partial charge in [-0.2, -0.15) is 4.37 Å². The largest absolute Gasteiger partial charge is 0.496 e. The summed E-state index contributed by atoms with van der Waals surface area (Å²) < 4.78 is 11.0. The van der Waals surface area contributed by atoms with Gasteiger partial charge < -0.3 is 10.1 Å². The maximum atomic E-state index is 11.1. The third-order valence-electron chi connectivity index (χ3n) is 4.21. The van der Waals surface area contributed by atoms with Crippen molar-refractivity contribution in [1.29, 1.82) is 0 Å². The predicted octanol–water partition coefficient (Wildman–Crippen LogP) is 5.53. The van der Waals surface area contributed by atoms with Crippen molar-refractivity contribution in [2.24, 2.45) is 0 Å². The van der Waals surface area contributed by atoms with Gasteiger partial charge in [-0.05, 0) is 35.3 Å². The second-order valence-corrected chi connectivity index (χ2v) is 6.55. The number of aromatic nitrogens is 1. The lowest BCUT2D eigenvalue weighted by molar-refractivity contribution is 0.112. The Morgan fingerprint density at radius 1 is 1.04 bits per heavy atom. The first-order valence-electron chi connectivity index (χ1n) is 8.14. The molecule has 0 atom stereocenters. The zero-order valence-corrected chi connectivity index (χ0v) is 14.9. The van der Waals surface area contributed by atoms with Crippen LogP contribution in [0.5, 0.6) is 5.75 Å². The Morgan fingerprint density at radius 2 is 1.88 bits per heavy atom. The molecule has 4 nitrogen and oxygen atoms in total. The molecule has 0 aliphatic carbocycles. The molecule has 0 bridgehead atoms. The summed E-state index contributed by atoms with van der Waals surface area (Å²) in [4.78, 5) is 11.1. The van der Waals surface area contributed by atoms with Gasteiger partial charge in [0.25, 0.3) is 0 Å². The van der Waals surface area contributed by atoms with Crippen molar-refractivity contribution in [3.63, 3.8) is 0 Å². The lowest BCUT2D eigenvalue weighted by Crippen LogP contribution is -1.95. The zero-order valence-electron chi connectivity index (χ0n) is 14.1. The molecule has 26 heavy (non-hydrogen) atoms. The number of carbonyl (C=O) groups excluding carboxylic acids is 1. The van der Waals surface area contributed by atoms with E-state index in [2.05, 4.69) is 34.0 Å². The number of benzene rings is 3. The summed E-state index contributed by atoms with van der Waals surface area (Å²) in [6.07, 6.45) is 0.785. The van der Waals surface area contributed by atoms with Crippen LogP contribution in [0.3, 0.4) is 0 Å². The van der Waals surface area contributed by atoms with E-state index in [0.29, 0.717) is 11.3 Å². The van der Waals surface area contributed by atoms with E-state index >= 15 is 0 Å². The van der Waals surface area contributed by atoms with E-state index in [1.165, 1.54) is 22.7 Å².